The molecule has 0 aliphatic heterocycles. The van der Waals surface area contributed by atoms with Crippen LogP contribution in [0.2, 0.25) is 5.02 Å². The third-order valence-corrected chi connectivity index (χ3v) is 4.23. The van der Waals surface area contributed by atoms with Gasteiger partial charge in [0.25, 0.3) is 0 Å². The number of hydrogen-bond donors (Lipinski definition) is 2. The molecule has 0 amide bonds. The molecule has 0 aromatic heterocycles. The molecular weight excluding hydrogens is 326 g/mol. The molecule has 1 unspecified atom stereocenters. The number of guanidine groups is 1. The molecule has 1 aliphatic rings. The van der Waals surface area contributed by atoms with Gasteiger partial charge in [0, 0.05) is 45.5 Å². The molecule has 1 atom stereocenters. The van der Waals surface area contributed by atoms with Gasteiger partial charge in [0.05, 0.1) is 6.10 Å². The van der Waals surface area contributed by atoms with Crippen molar-refractivity contribution in [1.82, 2.24) is 10.6 Å². The topological polar surface area (TPSA) is 54.9 Å². The first kappa shape index (κ1) is 19.0. The highest BCUT2D eigenvalue weighted by atomic mass is 35.5. The molecular formula is C18H28ClN3O2. The van der Waals surface area contributed by atoms with Gasteiger partial charge < -0.3 is 20.1 Å². The lowest BCUT2D eigenvalue weighted by Crippen LogP contribution is -2.40. The van der Waals surface area contributed by atoms with Gasteiger partial charge in [0.2, 0.25) is 0 Å². The summed E-state index contributed by atoms with van der Waals surface area (Å²) in [6, 6.07) is 7.72. The maximum Gasteiger partial charge on any atom is 0.191 e. The number of benzene rings is 1. The highest BCUT2D eigenvalue weighted by Gasteiger charge is 2.20. The molecule has 1 aromatic carbocycles. The van der Waals surface area contributed by atoms with Crippen LogP contribution in [0.1, 0.15) is 30.9 Å². The Kier molecular flexibility index (Phi) is 8.36. The van der Waals surface area contributed by atoms with E-state index in [-0.39, 0.29) is 6.10 Å². The molecule has 5 nitrogen and oxygen atoms in total. The Hall–Kier alpha value is -1.30. The van der Waals surface area contributed by atoms with Crippen LogP contribution in [0.15, 0.2) is 29.3 Å². The van der Waals surface area contributed by atoms with Crippen molar-refractivity contribution in [3.05, 3.63) is 34.9 Å². The molecule has 2 N–H and O–H groups in total. The van der Waals surface area contributed by atoms with E-state index in [4.69, 9.17) is 21.1 Å². The smallest absolute Gasteiger partial charge is 0.191 e. The number of nitrogens with one attached hydrogen (secondary N) is 2. The van der Waals surface area contributed by atoms with Crippen LogP contribution in [0, 0.1) is 5.92 Å². The Morgan fingerprint density at radius 2 is 2.21 bits per heavy atom. The normalized spacial score (nSPS) is 16.0. The van der Waals surface area contributed by atoms with Crippen LogP contribution in [-0.2, 0) is 9.47 Å². The molecule has 2 rings (SSSR count). The quantitative estimate of drug-likeness (QED) is 0.386. The molecule has 0 radical (unpaired) electrons. The lowest BCUT2D eigenvalue weighted by atomic mass is 10.1. The number of halogens is 1. The highest BCUT2D eigenvalue weighted by Crippen LogP contribution is 2.28. The van der Waals surface area contributed by atoms with Gasteiger partial charge in [0.1, 0.15) is 0 Å². The van der Waals surface area contributed by atoms with Gasteiger partial charge in [-0.1, -0.05) is 23.7 Å². The lowest BCUT2D eigenvalue weighted by Gasteiger charge is -2.19. The minimum atomic E-state index is -0.0795. The summed E-state index contributed by atoms with van der Waals surface area (Å²) in [6.45, 7) is 3.17. The summed E-state index contributed by atoms with van der Waals surface area (Å²) in [5, 5.41) is 7.29. The number of ether oxygens (including phenoxy) is 2. The summed E-state index contributed by atoms with van der Waals surface area (Å²) < 4.78 is 11.2. The molecule has 0 spiro atoms. The Morgan fingerprint density at radius 1 is 1.38 bits per heavy atom. The number of aliphatic imine (C=N–C) groups is 1. The molecule has 0 bridgehead atoms. The second kappa shape index (κ2) is 10.5. The van der Waals surface area contributed by atoms with Gasteiger partial charge >= 0.3 is 0 Å². The van der Waals surface area contributed by atoms with Crippen LogP contribution in [0.25, 0.3) is 0 Å². The van der Waals surface area contributed by atoms with Crippen molar-refractivity contribution in [3.63, 3.8) is 0 Å². The van der Waals surface area contributed by atoms with E-state index in [1.54, 1.807) is 14.2 Å². The summed E-state index contributed by atoms with van der Waals surface area (Å²) in [5.41, 5.74) is 1.04. The third kappa shape index (κ3) is 7.07. The molecule has 1 saturated carbocycles. The summed E-state index contributed by atoms with van der Waals surface area (Å²) >= 11 is 6.05. The molecule has 1 aliphatic carbocycles. The fourth-order valence-electron chi connectivity index (χ4n) is 2.37. The Bertz CT molecular complexity index is 521. The van der Waals surface area contributed by atoms with Crippen LogP contribution < -0.4 is 10.6 Å². The minimum absolute atomic E-state index is 0.0795. The largest absolute Gasteiger partial charge is 0.381 e. The first-order valence-corrected chi connectivity index (χ1v) is 8.91. The van der Waals surface area contributed by atoms with Crippen LogP contribution >= 0.6 is 11.6 Å². The zero-order valence-electron chi connectivity index (χ0n) is 14.6. The fourth-order valence-corrected chi connectivity index (χ4v) is 2.57. The molecule has 1 aromatic rings. The zero-order valence-corrected chi connectivity index (χ0v) is 15.3. The van der Waals surface area contributed by atoms with Crippen molar-refractivity contribution in [3.8, 4) is 0 Å². The molecule has 0 heterocycles. The van der Waals surface area contributed by atoms with Crippen molar-refractivity contribution in [2.45, 2.75) is 25.4 Å². The number of nitrogens with zero attached hydrogens (tertiary/aromatic N) is 1. The Balaban J connectivity index is 1.65. The highest BCUT2D eigenvalue weighted by molar-refractivity contribution is 6.30. The monoisotopic (exact) mass is 353 g/mol. The van der Waals surface area contributed by atoms with Crippen LogP contribution in [-0.4, -0.2) is 46.4 Å². The molecule has 1 fully saturated rings. The van der Waals surface area contributed by atoms with Crippen molar-refractivity contribution in [2.75, 3.05) is 40.5 Å². The third-order valence-electron chi connectivity index (χ3n) is 3.99. The summed E-state index contributed by atoms with van der Waals surface area (Å²) in [4.78, 5) is 4.23. The van der Waals surface area contributed by atoms with Crippen LogP contribution in [0.3, 0.4) is 0 Å². The van der Waals surface area contributed by atoms with Gasteiger partial charge in [-0.05, 0) is 42.9 Å². The summed E-state index contributed by atoms with van der Waals surface area (Å²) in [5.74, 6) is 1.59. The van der Waals surface area contributed by atoms with Crippen LogP contribution in [0.5, 0.6) is 0 Å². The van der Waals surface area contributed by atoms with E-state index in [0.29, 0.717) is 11.6 Å². The van der Waals surface area contributed by atoms with E-state index in [0.717, 1.165) is 43.6 Å². The molecule has 24 heavy (non-hydrogen) atoms. The minimum Gasteiger partial charge on any atom is -0.381 e. The van der Waals surface area contributed by atoms with E-state index >= 15 is 0 Å². The molecule has 134 valence electrons. The van der Waals surface area contributed by atoms with E-state index in [1.165, 1.54) is 12.8 Å². The van der Waals surface area contributed by atoms with Gasteiger partial charge in [-0.25, -0.2) is 0 Å². The summed E-state index contributed by atoms with van der Waals surface area (Å²) in [7, 11) is 3.46. The fraction of sp³-hybridized carbons (Fsp3) is 0.611. The van der Waals surface area contributed by atoms with E-state index in [9.17, 15) is 0 Å². The average Bonchev–Trinajstić information content (AvgIpc) is 3.41. The molecule has 6 heteroatoms. The summed E-state index contributed by atoms with van der Waals surface area (Å²) in [6.07, 6.45) is 3.56. The number of rotatable bonds is 10. The van der Waals surface area contributed by atoms with Crippen LogP contribution in [0.4, 0.5) is 0 Å². The zero-order chi connectivity index (χ0) is 17.2. The van der Waals surface area contributed by atoms with E-state index in [1.807, 2.05) is 24.3 Å². The van der Waals surface area contributed by atoms with Gasteiger partial charge in [-0.3, -0.25) is 4.99 Å². The van der Waals surface area contributed by atoms with Crippen molar-refractivity contribution >= 4 is 17.6 Å². The Labute approximate surface area is 149 Å². The van der Waals surface area contributed by atoms with E-state index in [2.05, 4.69) is 15.6 Å². The predicted molar refractivity (Wildman–Crippen MR) is 98.7 cm³/mol. The SMILES string of the molecule is CN=C(NCCCOCC1CC1)NCC(OC)c1cccc(Cl)c1. The lowest BCUT2D eigenvalue weighted by molar-refractivity contribution is 0.106. The number of methoxy groups -OCH3 is 1. The Morgan fingerprint density at radius 3 is 2.88 bits per heavy atom. The van der Waals surface area contributed by atoms with Gasteiger partial charge in [-0.2, -0.15) is 0 Å². The predicted octanol–water partition coefficient (Wildman–Crippen LogP) is 3.01. The van der Waals surface area contributed by atoms with Crippen molar-refractivity contribution in [1.29, 1.82) is 0 Å². The maximum atomic E-state index is 6.05. The first-order chi connectivity index (χ1) is 11.7. The van der Waals surface area contributed by atoms with E-state index < -0.39 is 0 Å². The second-order valence-electron chi connectivity index (χ2n) is 6.03. The molecule has 0 saturated heterocycles. The second-order valence-corrected chi connectivity index (χ2v) is 6.47. The van der Waals surface area contributed by atoms with Gasteiger partial charge in [0.15, 0.2) is 5.96 Å². The van der Waals surface area contributed by atoms with Crippen molar-refractivity contribution < 1.29 is 9.47 Å². The number of hydrogen-bond acceptors (Lipinski definition) is 3. The van der Waals surface area contributed by atoms with Crippen molar-refractivity contribution in [2.24, 2.45) is 10.9 Å². The first-order valence-electron chi connectivity index (χ1n) is 8.53. The van der Waals surface area contributed by atoms with Gasteiger partial charge in [-0.15, -0.1) is 0 Å². The maximum absolute atomic E-state index is 6.05. The standard InChI is InChI=1S/C18H28ClN3O2/c1-20-18(21-9-4-10-24-13-14-7-8-14)22-12-17(23-2)15-5-3-6-16(19)11-15/h3,5-6,11,14,17H,4,7-10,12-13H2,1-2H3,(H2,20,21,22). The average molecular weight is 354 g/mol.